The van der Waals surface area contributed by atoms with Crippen LogP contribution in [0.5, 0.6) is 0 Å². The minimum Gasteiger partial charge on any atom is -0.463 e. The van der Waals surface area contributed by atoms with Gasteiger partial charge in [-0.2, -0.15) is 13.2 Å². The van der Waals surface area contributed by atoms with Crippen molar-refractivity contribution in [3.05, 3.63) is 48.0 Å². The number of hydrogen-bond acceptors (Lipinski definition) is 3. The van der Waals surface area contributed by atoms with Gasteiger partial charge in [-0.05, 0) is 19.3 Å². The molecule has 0 bridgehead atoms. The lowest BCUT2D eigenvalue weighted by atomic mass is 9.92. The predicted molar refractivity (Wildman–Crippen MR) is 80.7 cm³/mol. The fourth-order valence-corrected chi connectivity index (χ4v) is 2.36. The van der Waals surface area contributed by atoms with Crippen LogP contribution in [0, 0.1) is 5.92 Å². The van der Waals surface area contributed by atoms with E-state index in [0.717, 1.165) is 12.7 Å². The van der Waals surface area contributed by atoms with E-state index < -0.39 is 17.7 Å². The molecule has 1 aromatic carbocycles. The summed E-state index contributed by atoms with van der Waals surface area (Å²) in [5, 5.41) is 0. The Balaban J connectivity index is 3.06. The molecule has 23 heavy (non-hydrogen) atoms. The maximum absolute atomic E-state index is 13.6. The summed E-state index contributed by atoms with van der Waals surface area (Å²) in [7, 11) is 0.846. The zero-order valence-electron chi connectivity index (χ0n) is 13.4. The van der Waals surface area contributed by atoms with E-state index in [-0.39, 0.29) is 18.1 Å². The molecular weight excluding hydrogens is 309 g/mol. The number of benzene rings is 1. The summed E-state index contributed by atoms with van der Waals surface area (Å²) in [5.41, 5.74) is -2.57. The number of rotatable bonds is 7. The molecule has 3 nitrogen and oxygen atoms in total. The molecule has 6 heteroatoms. The van der Waals surface area contributed by atoms with E-state index in [2.05, 4.69) is 11.3 Å². The first-order valence-corrected chi connectivity index (χ1v) is 7.14. The predicted octanol–water partition coefficient (Wildman–Crippen LogP) is 4.24. The molecular formula is C17H21F3O3. The van der Waals surface area contributed by atoms with Crippen LogP contribution in [0.25, 0.3) is 0 Å². The fraction of sp³-hybridized carbons (Fsp3) is 0.471. The summed E-state index contributed by atoms with van der Waals surface area (Å²) < 4.78 is 50.4. The number of carbonyl (C=O) groups excluding carboxylic acids is 1. The van der Waals surface area contributed by atoms with Gasteiger partial charge in [0.25, 0.3) is 5.60 Å². The van der Waals surface area contributed by atoms with Crippen molar-refractivity contribution in [2.45, 2.75) is 32.0 Å². The van der Waals surface area contributed by atoms with E-state index >= 15 is 0 Å². The van der Waals surface area contributed by atoms with Gasteiger partial charge in [0.2, 0.25) is 0 Å². The normalized spacial score (nSPS) is 15.6. The van der Waals surface area contributed by atoms with Crippen LogP contribution in [0.1, 0.15) is 25.8 Å². The van der Waals surface area contributed by atoms with Gasteiger partial charge in [0, 0.05) is 12.7 Å². The van der Waals surface area contributed by atoms with Crippen LogP contribution in [-0.4, -0.2) is 25.9 Å². The first kappa shape index (κ1) is 19.2. The first-order valence-electron chi connectivity index (χ1n) is 7.14. The minimum atomic E-state index is -4.95. The number of esters is 1. The highest BCUT2D eigenvalue weighted by Gasteiger charge is 2.64. The van der Waals surface area contributed by atoms with Crippen molar-refractivity contribution in [1.29, 1.82) is 0 Å². The molecule has 2 atom stereocenters. The molecule has 0 aromatic heterocycles. The van der Waals surface area contributed by atoms with E-state index in [1.165, 1.54) is 24.3 Å². The zero-order chi connectivity index (χ0) is 17.7. The maximum Gasteiger partial charge on any atom is 0.432 e. The number of carbonyl (C=O) groups is 1. The van der Waals surface area contributed by atoms with Crippen molar-refractivity contribution in [2.75, 3.05) is 13.7 Å². The fourth-order valence-electron chi connectivity index (χ4n) is 2.36. The summed E-state index contributed by atoms with van der Waals surface area (Å²) in [6, 6.07) is 6.75. The molecule has 128 valence electrons. The van der Waals surface area contributed by atoms with E-state index in [1.54, 1.807) is 19.9 Å². The Labute approximate surface area is 134 Å². The second-order valence-corrected chi connectivity index (χ2v) is 5.61. The molecule has 0 unspecified atom stereocenters. The van der Waals surface area contributed by atoms with Gasteiger partial charge in [0.15, 0.2) is 0 Å². The van der Waals surface area contributed by atoms with Gasteiger partial charge in [-0.25, -0.2) is 4.79 Å². The molecule has 0 aliphatic heterocycles. The summed E-state index contributed by atoms with van der Waals surface area (Å²) in [6.07, 6.45) is -4.39. The van der Waals surface area contributed by atoms with Crippen LogP contribution in [-0.2, 0) is 19.9 Å². The quantitative estimate of drug-likeness (QED) is 0.554. The molecule has 1 aromatic rings. The van der Waals surface area contributed by atoms with Gasteiger partial charge in [0.05, 0.1) is 6.61 Å². The summed E-state index contributed by atoms with van der Waals surface area (Å²) in [5.74, 6) is -1.60. The van der Waals surface area contributed by atoms with Crippen LogP contribution in [0.3, 0.4) is 0 Å². The highest BCUT2D eigenvalue weighted by Crippen LogP contribution is 2.43. The lowest BCUT2D eigenvalue weighted by molar-refractivity contribution is -0.276. The van der Waals surface area contributed by atoms with Crippen LogP contribution in [0.2, 0.25) is 0 Å². The van der Waals surface area contributed by atoms with Crippen LogP contribution >= 0.6 is 0 Å². The Hall–Kier alpha value is -1.82. The standard InChI is InChI=1S/C17H21F3O3/c1-12(2)10-13(3)11-23-15(21)16(22-4,17(18,19)20)14-8-6-5-7-9-14/h5-9,13H,1,10-11H2,2-4H3/t13-,16-/m1/s1. The van der Waals surface area contributed by atoms with Crippen LogP contribution in [0.15, 0.2) is 42.5 Å². The van der Waals surface area contributed by atoms with E-state index in [9.17, 15) is 18.0 Å². The Morgan fingerprint density at radius 3 is 2.26 bits per heavy atom. The molecule has 0 aliphatic carbocycles. The first-order chi connectivity index (χ1) is 10.6. The van der Waals surface area contributed by atoms with Gasteiger partial charge in [-0.1, -0.05) is 42.8 Å². The molecule has 0 fully saturated rings. The third kappa shape index (κ3) is 4.34. The number of ether oxygens (including phenoxy) is 2. The van der Waals surface area contributed by atoms with Crippen molar-refractivity contribution in [3.8, 4) is 0 Å². The molecule has 0 spiro atoms. The molecule has 0 radical (unpaired) electrons. The number of methoxy groups -OCH3 is 1. The molecule has 0 amide bonds. The van der Waals surface area contributed by atoms with Crippen molar-refractivity contribution in [1.82, 2.24) is 0 Å². The second kappa shape index (κ2) is 7.64. The average Bonchev–Trinajstić information content (AvgIpc) is 2.45. The molecule has 0 saturated heterocycles. The van der Waals surface area contributed by atoms with E-state index in [1.807, 2.05) is 0 Å². The van der Waals surface area contributed by atoms with Gasteiger partial charge < -0.3 is 9.47 Å². The summed E-state index contributed by atoms with van der Waals surface area (Å²) in [6.45, 7) is 7.16. The zero-order valence-corrected chi connectivity index (χ0v) is 13.4. The highest BCUT2D eigenvalue weighted by molar-refractivity contribution is 5.82. The topological polar surface area (TPSA) is 35.5 Å². The Morgan fingerprint density at radius 1 is 1.26 bits per heavy atom. The molecule has 1 rings (SSSR count). The lowest BCUT2D eigenvalue weighted by Crippen LogP contribution is -2.52. The van der Waals surface area contributed by atoms with Gasteiger partial charge >= 0.3 is 12.1 Å². The Bertz CT molecular complexity index is 540. The number of allylic oxidation sites excluding steroid dienone is 1. The smallest absolute Gasteiger partial charge is 0.432 e. The van der Waals surface area contributed by atoms with E-state index in [4.69, 9.17) is 4.74 Å². The average molecular weight is 330 g/mol. The van der Waals surface area contributed by atoms with Crippen LogP contribution in [0.4, 0.5) is 13.2 Å². The van der Waals surface area contributed by atoms with Gasteiger partial charge in [0.1, 0.15) is 0 Å². The third-order valence-corrected chi connectivity index (χ3v) is 3.37. The minimum absolute atomic E-state index is 0.130. The highest BCUT2D eigenvalue weighted by atomic mass is 19.4. The van der Waals surface area contributed by atoms with E-state index in [0.29, 0.717) is 6.42 Å². The molecule has 0 aliphatic rings. The molecule has 0 heterocycles. The summed E-state index contributed by atoms with van der Waals surface area (Å²) in [4.78, 5) is 12.2. The van der Waals surface area contributed by atoms with Crippen molar-refractivity contribution < 1.29 is 27.4 Å². The summed E-state index contributed by atoms with van der Waals surface area (Å²) >= 11 is 0. The number of halogens is 3. The number of hydrogen-bond donors (Lipinski definition) is 0. The van der Waals surface area contributed by atoms with Gasteiger partial charge in [-0.15, -0.1) is 6.58 Å². The van der Waals surface area contributed by atoms with Crippen LogP contribution < -0.4 is 0 Å². The molecule has 0 N–H and O–H groups in total. The van der Waals surface area contributed by atoms with Crippen molar-refractivity contribution >= 4 is 5.97 Å². The molecule has 0 saturated carbocycles. The SMILES string of the molecule is C=C(C)C[C@@H](C)COC(=O)[C@](OC)(c1ccccc1)C(F)(F)F. The largest absolute Gasteiger partial charge is 0.463 e. The van der Waals surface area contributed by atoms with Crippen molar-refractivity contribution in [2.24, 2.45) is 5.92 Å². The Kier molecular flexibility index (Phi) is 6.38. The van der Waals surface area contributed by atoms with Crippen molar-refractivity contribution in [3.63, 3.8) is 0 Å². The third-order valence-electron chi connectivity index (χ3n) is 3.37. The maximum atomic E-state index is 13.6. The Morgan fingerprint density at radius 2 is 1.83 bits per heavy atom. The number of alkyl halides is 3. The van der Waals surface area contributed by atoms with Gasteiger partial charge in [-0.3, -0.25) is 0 Å². The monoisotopic (exact) mass is 330 g/mol. The second-order valence-electron chi connectivity index (χ2n) is 5.61. The lowest BCUT2D eigenvalue weighted by Gasteiger charge is -2.32.